The smallest absolute Gasteiger partial charge is 0.340 e. The van der Waals surface area contributed by atoms with Crippen molar-refractivity contribution in [2.75, 3.05) is 5.43 Å². The van der Waals surface area contributed by atoms with Gasteiger partial charge in [-0.3, -0.25) is 15.2 Å². The summed E-state index contributed by atoms with van der Waals surface area (Å²) < 4.78 is 10.0. The van der Waals surface area contributed by atoms with Gasteiger partial charge in [-0.2, -0.15) is 4.98 Å². The maximum absolute atomic E-state index is 11.6. The molecule has 0 aliphatic carbocycles. The van der Waals surface area contributed by atoms with E-state index in [9.17, 15) is 4.79 Å². The first-order valence-corrected chi connectivity index (χ1v) is 6.33. The number of carbonyl (C=O) groups excluding carboxylic acids is 1. The van der Waals surface area contributed by atoms with Crippen LogP contribution in [-0.4, -0.2) is 21.0 Å². The number of anilines is 1. The molecule has 3 rings (SSSR count). The summed E-state index contributed by atoms with van der Waals surface area (Å²) in [6, 6.07) is 7.04. The second-order valence-corrected chi connectivity index (χ2v) is 4.12. The quantitative estimate of drug-likeness (QED) is 0.547. The van der Waals surface area contributed by atoms with Crippen LogP contribution in [-0.2, 0) is 4.79 Å². The third-order valence-electron chi connectivity index (χ3n) is 2.60. The number of rotatable bonds is 5. The molecular formula is C14H11N5O3. The van der Waals surface area contributed by atoms with Crippen LogP contribution in [0.2, 0.25) is 0 Å². The van der Waals surface area contributed by atoms with Gasteiger partial charge in [-0.15, -0.1) is 0 Å². The zero-order chi connectivity index (χ0) is 15.2. The van der Waals surface area contributed by atoms with E-state index in [4.69, 9.17) is 8.94 Å². The second-order valence-electron chi connectivity index (χ2n) is 4.12. The topological polar surface area (TPSA) is 106 Å². The molecule has 8 heteroatoms. The SMILES string of the molecule is O=C(/C=C/c1ccco1)NNc1nc(-c2ccncc2)no1. The fourth-order valence-electron chi connectivity index (χ4n) is 1.59. The summed E-state index contributed by atoms with van der Waals surface area (Å²) in [6.07, 6.45) is 7.62. The Balaban J connectivity index is 1.56. The summed E-state index contributed by atoms with van der Waals surface area (Å²) >= 11 is 0. The first kappa shape index (κ1) is 13.6. The number of nitrogens with zero attached hydrogens (tertiary/aromatic N) is 3. The second kappa shape index (κ2) is 6.35. The molecule has 0 aliphatic rings. The van der Waals surface area contributed by atoms with Crippen molar-refractivity contribution in [3.8, 4) is 11.4 Å². The number of furan rings is 1. The van der Waals surface area contributed by atoms with Crippen molar-refractivity contribution in [1.82, 2.24) is 20.6 Å². The number of nitrogens with one attached hydrogen (secondary N) is 2. The molecule has 0 saturated carbocycles. The Morgan fingerprint density at radius 3 is 2.86 bits per heavy atom. The van der Waals surface area contributed by atoms with E-state index in [1.165, 1.54) is 18.4 Å². The van der Waals surface area contributed by atoms with E-state index >= 15 is 0 Å². The first-order valence-electron chi connectivity index (χ1n) is 6.33. The van der Waals surface area contributed by atoms with Crippen molar-refractivity contribution >= 4 is 18.0 Å². The van der Waals surface area contributed by atoms with Crippen molar-refractivity contribution in [3.63, 3.8) is 0 Å². The van der Waals surface area contributed by atoms with Crippen LogP contribution in [0.25, 0.3) is 17.5 Å². The predicted molar refractivity (Wildman–Crippen MR) is 77.0 cm³/mol. The zero-order valence-corrected chi connectivity index (χ0v) is 11.3. The lowest BCUT2D eigenvalue weighted by Gasteiger charge is -1.99. The number of hydrogen-bond donors (Lipinski definition) is 2. The lowest BCUT2D eigenvalue weighted by atomic mass is 10.3. The number of amides is 1. The molecule has 0 radical (unpaired) electrons. The van der Waals surface area contributed by atoms with E-state index in [2.05, 4.69) is 26.0 Å². The predicted octanol–water partition coefficient (Wildman–Crippen LogP) is 1.88. The van der Waals surface area contributed by atoms with Gasteiger partial charge < -0.3 is 8.94 Å². The number of pyridine rings is 1. The van der Waals surface area contributed by atoms with E-state index in [-0.39, 0.29) is 11.9 Å². The van der Waals surface area contributed by atoms with Gasteiger partial charge in [0.25, 0.3) is 5.91 Å². The molecule has 0 bridgehead atoms. The molecule has 0 unspecified atom stereocenters. The molecule has 3 aromatic rings. The molecule has 0 fully saturated rings. The van der Waals surface area contributed by atoms with E-state index in [1.54, 1.807) is 36.7 Å². The van der Waals surface area contributed by atoms with Gasteiger partial charge >= 0.3 is 6.01 Å². The van der Waals surface area contributed by atoms with Crippen LogP contribution >= 0.6 is 0 Å². The average molecular weight is 297 g/mol. The highest BCUT2D eigenvalue weighted by Gasteiger charge is 2.08. The van der Waals surface area contributed by atoms with Gasteiger partial charge in [0.15, 0.2) is 0 Å². The van der Waals surface area contributed by atoms with Crippen LogP contribution in [0.3, 0.4) is 0 Å². The number of hydrazine groups is 1. The molecule has 0 aliphatic heterocycles. The summed E-state index contributed by atoms with van der Waals surface area (Å²) in [6.45, 7) is 0. The van der Waals surface area contributed by atoms with Crippen molar-refractivity contribution in [1.29, 1.82) is 0 Å². The number of carbonyl (C=O) groups is 1. The highest BCUT2D eigenvalue weighted by atomic mass is 16.5. The largest absolute Gasteiger partial charge is 0.465 e. The minimum Gasteiger partial charge on any atom is -0.465 e. The molecule has 1 amide bonds. The standard InChI is InChI=1S/C14H11N5O3/c20-12(4-3-11-2-1-9-21-11)17-18-14-16-13(19-22-14)10-5-7-15-8-6-10/h1-9H,(H,17,20)(H,16,18,19)/b4-3+. The Morgan fingerprint density at radius 2 is 2.09 bits per heavy atom. The van der Waals surface area contributed by atoms with Gasteiger partial charge in [0.2, 0.25) is 5.82 Å². The third kappa shape index (κ3) is 3.37. The molecule has 0 aromatic carbocycles. The number of aromatic nitrogens is 3. The maximum atomic E-state index is 11.6. The lowest BCUT2D eigenvalue weighted by molar-refractivity contribution is -0.116. The van der Waals surface area contributed by atoms with Crippen LogP contribution in [0, 0.1) is 0 Å². The maximum Gasteiger partial charge on any atom is 0.340 e. The molecule has 0 saturated heterocycles. The molecule has 0 spiro atoms. The Morgan fingerprint density at radius 1 is 1.23 bits per heavy atom. The van der Waals surface area contributed by atoms with E-state index in [0.29, 0.717) is 11.6 Å². The van der Waals surface area contributed by atoms with E-state index in [0.717, 1.165) is 5.56 Å². The van der Waals surface area contributed by atoms with Crippen molar-refractivity contribution < 1.29 is 13.7 Å². The van der Waals surface area contributed by atoms with Crippen molar-refractivity contribution in [2.45, 2.75) is 0 Å². The van der Waals surface area contributed by atoms with Crippen LogP contribution in [0.1, 0.15) is 5.76 Å². The molecule has 3 heterocycles. The highest BCUT2D eigenvalue weighted by Crippen LogP contribution is 2.15. The Labute approximate surface area is 124 Å². The fourth-order valence-corrected chi connectivity index (χ4v) is 1.59. The van der Waals surface area contributed by atoms with Crippen LogP contribution in [0.4, 0.5) is 6.01 Å². The third-order valence-corrected chi connectivity index (χ3v) is 2.60. The summed E-state index contributed by atoms with van der Waals surface area (Å²) in [5, 5.41) is 3.79. The average Bonchev–Trinajstić information content (AvgIpc) is 3.23. The minimum atomic E-state index is -0.389. The van der Waals surface area contributed by atoms with E-state index < -0.39 is 0 Å². The van der Waals surface area contributed by atoms with Crippen molar-refractivity contribution in [3.05, 3.63) is 54.8 Å². The summed E-state index contributed by atoms with van der Waals surface area (Å²) in [5.74, 6) is 0.582. The van der Waals surface area contributed by atoms with Crippen LogP contribution < -0.4 is 10.9 Å². The zero-order valence-electron chi connectivity index (χ0n) is 11.3. The summed E-state index contributed by atoms with van der Waals surface area (Å²) in [7, 11) is 0. The van der Waals surface area contributed by atoms with Gasteiger partial charge in [-0.05, 0) is 30.3 Å². The first-order chi connectivity index (χ1) is 10.8. The normalized spacial score (nSPS) is 10.7. The van der Waals surface area contributed by atoms with Gasteiger partial charge in [0, 0.05) is 24.0 Å². The van der Waals surface area contributed by atoms with Gasteiger partial charge in [-0.1, -0.05) is 5.16 Å². The number of hydrogen-bond acceptors (Lipinski definition) is 7. The molecule has 110 valence electrons. The Hall–Kier alpha value is -3.42. The molecule has 0 atom stereocenters. The minimum absolute atomic E-state index is 0.0755. The fraction of sp³-hybridized carbons (Fsp3) is 0. The Kier molecular flexibility index (Phi) is 3.92. The molecule has 3 aromatic heterocycles. The van der Waals surface area contributed by atoms with Gasteiger partial charge in [-0.25, -0.2) is 5.43 Å². The molecular weight excluding hydrogens is 286 g/mol. The van der Waals surface area contributed by atoms with Crippen molar-refractivity contribution in [2.24, 2.45) is 0 Å². The monoisotopic (exact) mass is 297 g/mol. The molecule has 2 N–H and O–H groups in total. The summed E-state index contributed by atoms with van der Waals surface area (Å²) in [4.78, 5) is 19.6. The van der Waals surface area contributed by atoms with Crippen LogP contribution in [0.5, 0.6) is 0 Å². The molecule has 22 heavy (non-hydrogen) atoms. The lowest BCUT2D eigenvalue weighted by Crippen LogP contribution is -2.27. The molecule has 8 nitrogen and oxygen atoms in total. The van der Waals surface area contributed by atoms with Gasteiger partial charge in [0.05, 0.1) is 6.26 Å². The van der Waals surface area contributed by atoms with Gasteiger partial charge in [0.1, 0.15) is 5.76 Å². The highest BCUT2D eigenvalue weighted by molar-refractivity contribution is 5.91. The van der Waals surface area contributed by atoms with Crippen LogP contribution in [0.15, 0.2) is 57.9 Å². The summed E-state index contributed by atoms with van der Waals surface area (Å²) in [5.41, 5.74) is 5.69. The Bertz CT molecular complexity index is 765. The van der Waals surface area contributed by atoms with E-state index in [1.807, 2.05) is 0 Å².